The van der Waals surface area contributed by atoms with E-state index >= 15 is 0 Å². The molecule has 20 nitrogen and oxygen atoms in total. The van der Waals surface area contributed by atoms with Gasteiger partial charge < -0.3 is 94.1 Å². The number of hydrogen-bond acceptors (Lipinski definition) is 20. The minimum Gasteiger partial charge on any atom is -0.394 e. The second-order valence-electron chi connectivity index (χ2n) is 23.3. The molecule has 11 N–H and O–H groups in total. The van der Waals surface area contributed by atoms with E-state index in [2.05, 4.69) is 34.6 Å². The molecule has 4 heterocycles. The molecule has 68 heavy (non-hydrogen) atoms. The Morgan fingerprint density at radius 3 is 1.76 bits per heavy atom. The van der Waals surface area contributed by atoms with Crippen LogP contribution < -0.4 is 0 Å². The number of aliphatic hydroxyl groups excluding tert-OH is 11. The predicted octanol–water partition coefficient (Wildman–Crippen LogP) is -1.41. The first-order valence-electron chi connectivity index (χ1n) is 24.9. The number of Topliss-reactive ketones (excluding diaryl/α,β-unsaturated/α-hetero) is 1. The number of carbonyl (C=O) groups excluding carboxylic acids is 1. The van der Waals surface area contributed by atoms with E-state index in [1.165, 1.54) is 0 Å². The van der Waals surface area contributed by atoms with Crippen molar-refractivity contribution in [3.63, 3.8) is 0 Å². The summed E-state index contributed by atoms with van der Waals surface area (Å²) in [5, 5.41) is 114. The largest absolute Gasteiger partial charge is 0.394 e. The van der Waals surface area contributed by atoms with E-state index in [0.717, 1.165) is 38.5 Å². The molecule has 20 heteroatoms. The zero-order valence-electron chi connectivity index (χ0n) is 40.3. The molecule has 0 amide bonds. The normalized spacial score (nSPS) is 56.4. The fraction of sp³-hybridized carbons (Fsp3) is 0.979. The molecule has 0 aromatic carbocycles. The molecular weight excluding hydrogens is 897 g/mol. The molecule has 27 atom stereocenters. The van der Waals surface area contributed by atoms with Crippen molar-refractivity contribution in [3.05, 3.63) is 0 Å². The van der Waals surface area contributed by atoms with Gasteiger partial charge in [-0.15, -0.1) is 0 Å². The molecule has 4 aliphatic heterocycles. The third kappa shape index (κ3) is 7.43. The third-order valence-electron chi connectivity index (χ3n) is 20.2. The van der Waals surface area contributed by atoms with Crippen LogP contribution in [0.2, 0.25) is 0 Å². The fourth-order valence-electron chi connectivity index (χ4n) is 16.5. The van der Waals surface area contributed by atoms with E-state index in [4.69, 9.17) is 37.9 Å². The summed E-state index contributed by atoms with van der Waals surface area (Å²) in [5.41, 5.74) is -0.648. The number of methoxy groups -OCH3 is 1. The Balaban J connectivity index is 0.892. The Kier molecular flexibility index (Phi) is 13.8. The molecule has 0 aromatic heterocycles. The number of fused-ring (bicyclic) bond motifs is 4. The van der Waals surface area contributed by atoms with Crippen molar-refractivity contribution in [2.75, 3.05) is 26.9 Å². The first-order chi connectivity index (χ1) is 32.0. The molecule has 0 bridgehead atoms. The molecule has 2 spiro atoms. The van der Waals surface area contributed by atoms with E-state index in [9.17, 15) is 61.0 Å². The molecule has 5 saturated carbocycles. The van der Waals surface area contributed by atoms with Gasteiger partial charge in [-0.3, -0.25) is 4.79 Å². The van der Waals surface area contributed by atoms with Crippen LogP contribution in [-0.2, 0) is 42.7 Å². The summed E-state index contributed by atoms with van der Waals surface area (Å²) in [7, 11) is 1.70. The molecule has 5 unspecified atom stereocenters. The van der Waals surface area contributed by atoms with Gasteiger partial charge in [0.2, 0.25) is 0 Å². The van der Waals surface area contributed by atoms with E-state index in [0.29, 0.717) is 18.8 Å². The van der Waals surface area contributed by atoms with E-state index < -0.39 is 141 Å². The lowest BCUT2D eigenvalue weighted by atomic mass is 9.41. The monoisotopic (exact) mass is 975 g/mol. The average molecular weight is 975 g/mol. The Labute approximate surface area is 397 Å². The topological polar surface area (TPSA) is 313 Å². The highest BCUT2D eigenvalue weighted by Crippen LogP contribution is 2.90. The lowest BCUT2D eigenvalue weighted by Gasteiger charge is -2.63. The zero-order valence-corrected chi connectivity index (χ0v) is 40.3. The second kappa shape index (κ2) is 18.1. The molecule has 9 fully saturated rings. The summed E-state index contributed by atoms with van der Waals surface area (Å²) in [6.45, 7) is 11.0. The van der Waals surface area contributed by atoms with Gasteiger partial charge >= 0.3 is 0 Å². The first kappa shape index (κ1) is 51.8. The van der Waals surface area contributed by atoms with Crippen LogP contribution in [0.3, 0.4) is 0 Å². The minimum absolute atomic E-state index is 0.0138. The number of hydrogen-bond donors (Lipinski definition) is 11. The molecule has 0 aromatic rings. The van der Waals surface area contributed by atoms with Gasteiger partial charge in [0.1, 0.15) is 79.4 Å². The molecule has 390 valence electrons. The number of aliphatic hydroxyl groups is 11. The summed E-state index contributed by atoms with van der Waals surface area (Å²) in [5.74, 6) is -0.654. The van der Waals surface area contributed by atoms with Crippen LogP contribution in [0, 0.1) is 50.7 Å². The highest BCUT2D eigenvalue weighted by molar-refractivity contribution is 5.83. The predicted molar refractivity (Wildman–Crippen MR) is 231 cm³/mol. The van der Waals surface area contributed by atoms with Crippen LogP contribution in [-0.4, -0.2) is 205 Å². The van der Waals surface area contributed by atoms with Gasteiger partial charge in [-0.25, -0.2) is 0 Å². The van der Waals surface area contributed by atoms with E-state index in [1.54, 1.807) is 14.0 Å². The van der Waals surface area contributed by atoms with Crippen LogP contribution in [0.5, 0.6) is 0 Å². The van der Waals surface area contributed by atoms with E-state index in [1.807, 2.05) is 0 Å². The number of ketones is 1. The van der Waals surface area contributed by atoms with Crippen molar-refractivity contribution >= 4 is 5.78 Å². The van der Waals surface area contributed by atoms with Crippen LogP contribution in [0.4, 0.5) is 0 Å². The van der Waals surface area contributed by atoms with Crippen molar-refractivity contribution in [3.8, 4) is 0 Å². The van der Waals surface area contributed by atoms with Gasteiger partial charge in [0, 0.05) is 25.9 Å². The summed E-state index contributed by atoms with van der Waals surface area (Å²) in [6.07, 6.45) is -17.5. The summed E-state index contributed by atoms with van der Waals surface area (Å²) >= 11 is 0. The Morgan fingerprint density at radius 1 is 0.618 bits per heavy atom. The van der Waals surface area contributed by atoms with Gasteiger partial charge in [-0.2, -0.15) is 0 Å². The number of carbonyl (C=O) groups is 1. The van der Waals surface area contributed by atoms with Crippen LogP contribution in [0.15, 0.2) is 0 Å². The van der Waals surface area contributed by atoms with Gasteiger partial charge in [-0.05, 0) is 96.7 Å². The molecule has 9 rings (SSSR count). The highest BCUT2D eigenvalue weighted by Gasteiger charge is 2.85. The van der Waals surface area contributed by atoms with Crippen molar-refractivity contribution < 1.29 is 98.9 Å². The molecule has 4 saturated heterocycles. The van der Waals surface area contributed by atoms with Gasteiger partial charge in [0.25, 0.3) is 0 Å². The van der Waals surface area contributed by atoms with Crippen molar-refractivity contribution in [1.29, 1.82) is 0 Å². The SMILES string of the molecule is CO[C@]12C[C@@]3(C)C4CCC5C(C)(C)[C@@H](O[C@@H]6O[C@H](CO)[C@@H](O)[C@H](O)[C@H]6O[C@@H]6O[C@H](CO)[C@@H](O)[C@H](O)[C@H]6O)CC[C@@]56C[C@@]46CC[C@]3(C)C1C(C)[C@H](CC(=O)C(C)O[C@@H]1O[C@H](CO)[C@@H](O)[C@H](O)[C@H]1O)O2. The standard InChI is InChI=1S/C48H78O20/c1-20-23(14-22(52)21(2)62-40-36(59)33(56)30(53)24(15-49)63-40)68-48(61-7)18-45(6)28-9-8-27-43(3,4)29(10-11-46(27)19-47(28,46)13-12-44(45,5)39(20)48)66-42-38(35(58)32(55)26(17-51)65-42)67-41-37(60)34(57)31(54)25(16-50)64-41/h20-21,23-42,49-51,53-60H,8-19H2,1-7H3/t20?,21?,23-,24+,25+,26+,27?,28?,29-,30+,31+,32+,33-,34-,35-,36+,37+,38+,39?,40+,41-,42-,44+,45-,46+,47-,48-/m0/s1. The lowest BCUT2D eigenvalue weighted by molar-refractivity contribution is -0.377. The minimum atomic E-state index is -1.77. The molecule has 5 aliphatic carbocycles. The number of rotatable bonds is 13. The summed E-state index contributed by atoms with van der Waals surface area (Å²) in [6, 6.07) is 0. The van der Waals surface area contributed by atoms with Gasteiger partial charge in [0.05, 0.1) is 32.0 Å². The number of ether oxygens (including phenoxy) is 8. The second-order valence-corrected chi connectivity index (χ2v) is 23.3. The van der Waals surface area contributed by atoms with Gasteiger partial charge in [-0.1, -0.05) is 34.6 Å². The first-order valence-corrected chi connectivity index (χ1v) is 24.9. The lowest BCUT2D eigenvalue weighted by Crippen LogP contribution is -2.65. The Morgan fingerprint density at radius 2 is 1.16 bits per heavy atom. The molecule has 0 radical (unpaired) electrons. The smallest absolute Gasteiger partial charge is 0.187 e. The Hall–Kier alpha value is -1.09. The zero-order chi connectivity index (χ0) is 49.4. The maximum Gasteiger partial charge on any atom is 0.187 e. The van der Waals surface area contributed by atoms with Crippen LogP contribution in [0.1, 0.15) is 99.3 Å². The molecule has 9 aliphatic rings. The quantitative estimate of drug-likeness (QED) is 0.0945. The summed E-state index contributed by atoms with van der Waals surface area (Å²) in [4.78, 5) is 13.8. The third-order valence-corrected chi connectivity index (χ3v) is 20.2. The van der Waals surface area contributed by atoms with Crippen molar-refractivity contribution in [1.82, 2.24) is 0 Å². The fourth-order valence-corrected chi connectivity index (χ4v) is 16.5. The van der Waals surface area contributed by atoms with Gasteiger partial charge in [0.15, 0.2) is 30.4 Å². The van der Waals surface area contributed by atoms with Crippen LogP contribution >= 0.6 is 0 Å². The Bertz CT molecular complexity index is 1840. The average Bonchev–Trinajstić information content (AvgIpc) is 3.83. The summed E-state index contributed by atoms with van der Waals surface area (Å²) < 4.78 is 49.3. The van der Waals surface area contributed by atoms with Crippen LogP contribution in [0.25, 0.3) is 0 Å². The maximum atomic E-state index is 13.8. The van der Waals surface area contributed by atoms with Crippen molar-refractivity contribution in [2.24, 2.45) is 50.7 Å². The maximum absolute atomic E-state index is 13.8. The molecular formula is C48H78O20. The van der Waals surface area contributed by atoms with Crippen molar-refractivity contribution in [2.45, 2.75) is 216 Å². The van der Waals surface area contributed by atoms with E-state index in [-0.39, 0.29) is 51.6 Å². The highest BCUT2D eigenvalue weighted by atomic mass is 16.8.